The van der Waals surface area contributed by atoms with Crippen LogP contribution in [0.1, 0.15) is 23.9 Å². The average molecular weight is 282 g/mol. The molecule has 0 amide bonds. The number of aryl methyl sites for hydroxylation is 1. The maximum Gasteiger partial charge on any atom is 0.0544 e. The highest BCUT2D eigenvalue weighted by atomic mass is 15.1. The Bertz CT molecular complexity index is 549. The summed E-state index contributed by atoms with van der Waals surface area (Å²) in [6.45, 7) is 7.33. The van der Waals surface area contributed by atoms with E-state index >= 15 is 0 Å². The third-order valence-corrected chi connectivity index (χ3v) is 3.20. The van der Waals surface area contributed by atoms with Crippen LogP contribution >= 0.6 is 0 Å². The van der Waals surface area contributed by atoms with Gasteiger partial charge in [-0.2, -0.15) is 0 Å². The van der Waals surface area contributed by atoms with Crippen LogP contribution in [0.25, 0.3) is 0 Å². The summed E-state index contributed by atoms with van der Waals surface area (Å²) in [5.41, 5.74) is 3.34. The van der Waals surface area contributed by atoms with Crippen molar-refractivity contribution >= 4 is 6.21 Å². The molecule has 21 heavy (non-hydrogen) atoms. The molecule has 2 aromatic rings. The first kappa shape index (κ1) is 15.3. The fourth-order valence-corrected chi connectivity index (χ4v) is 2.08. The molecule has 4 nitrogen and oxygen atoms in total. The van der Waals surface area contributed by atoms with Gasteiger partial charge >= 0.3 is 0 Å². The number of hydrogen-bond acceptors (Lipinski definition) is 4. The molecule has 0 unspecified atom stereocenters. The predicted octanol–water partition coefficient (Wildman–Crippen LogP) is 2.88. The van der Waals surface area contributed by atoms with Gasteiger partial charge in [-0.1, -0.05) is 12.1 Å². The molecule has 4 heteroatoms. The van der Waals surface area contributed by atoms with Gasteiger partial charge in [-0.05, 0) is 43.8 Å². The van der Waals surface area contributed by atoms with E-state index in [1.54, 1.807) is 0 Å². The first-order chi connectivity index (χ1) is 10.3. The molecule has 0 aliphatic rings. The van der Waals surface area contributed by atoms with Crippen LogP contribution in [0.4, 0.5) is 0 Å². The fourth-order valence-electron chi connectivity index (χ4n) is 2.08. The van der Waals surface area contributed by atoms with Gasteiger partial charge in [0.2, 0.25) is 0 Å². The quantitative estimate of drug-likeness (QED) is 0.733. The molecule has 0 aromatic carbocycles. The summed E-state index contributed by atoms with van der Waals surface area (Å²) >= 11 is 0. The van der Waals surface area contributed by atoms with Crippen LogP contribution in [-0.2, 0) is 13.1 Å². The zero-order chi connectivity index (χ0) is 14.9. The highest BCUT2D eigenvalue weighted by Crippen LogP contribution is 2.07. The monoisotopic (exact) mass is 282 g/mol. The van der Waals surface area contributed by atoms with Crippen LogP contribution in [0.3, 0.4) is 0 Å². The van der Waals surface area contributed by atoms with Crippen molar-refractivity contribution in [3.05, 3.63) is 59.7 Å². The molecule has 0 fully saturated rings. The second-order valence-electron chi connectivity index (χ2n) is 5.02. The molecular weight excluding hydrogens is 260 g/mol. The minimum atomic E-state index is 0.801. The number of aromatic nitrogens is 2. The molecule has 2 rings (SSSR count). The Hall–Kier alpha value is -2.07. The van der Waals surface area contributed by atoms with Gasteiger partial charge in [0.25, 0.3) is 0 Å². The van der Waals surface area contributed by atoms with Crippen LogP contribution in [0.5, 0.6) is 0 Å². The number of aliphatic imine (C=N–C) groups is 1. The van der Waals surface area contributed by atoms with Crippen molar-refractivity contribution in [2.75, 3.05) is 13.1 Å². The van der Waals surface area contributed by atoms with E-state index in [0.717, 1.165) is 37.6 Å². The first-order valence-electron chi connectivity index (χ1n) is 7.26. The lowest BCUT2D eigenvalue weighted by atomic mass is 10.2. The smallest absolute Gasteiger partial charge is 0.0544 e. The maximum atomic E-state index is 4.49. The lowest BCUT2D eigenvalue weighted by molar-refractivity contribution is 0.258. The number of nitrogens with zero attached hydrogens (tertiary/aromatic N) is 4. The van der Waals surface area contributed by atoms with E-state index < -0.39 is 0 Å². The van der Waals surface area contributed by atoms with Crippen molar-refractivity contribution in [2.45, 2.75) is 26.9 Å². The molecule has 0 radical (unpaired) electrons. The van der Waals surface area contributed by atoms with Crippen LogP contribution in [0, 0.1) is 6.92 Å². The summed E-state index contributed by atoms with van der Waals surface area (Å²) < 4.78 is 0. The van der Waals surface area contributed by atoms with E-state index in [4.69, 9.17) is 0 Å². The standard InChI is InChI=1S/C17H22N4/c1-3-18-10-11-21(13-16-6-4-5-9-19-16)14-17-8-7-15(2)12-20-17/h3-9,12H,10-11,13-14H2,1-2H3/b18-3+. The lowest BCUT2D eigenvalue weighted by Crippen LogP contribution is -2.26. The zero-order valence-electron chi connectivity index (χ0n) is 12.7. The molecule has 2 aromatic heterocycles. The molecular formula is C17H22N4. The summed E-state index contributed by atoms with van der Waals surface area (Å²) in [7, 11) is 0. The molecule has 0 saturated carbocycles. The van der Waals surface area contributed by atoms with Crippen molar-refractivity contribution < 1.29 is 0 Å². The van der Waals surface area contributed by atoms with E-state index in [0.29, 0.717) is 0 Å². The molecule has 0 spiro atoms. The molecule has 110 valence electrons. The number of pyridine rings is 2. The van der Waals surface area contributed by atoms with Gasteiger partial charge in [0.05, 0.1) is 17.9 Å². The Labute approximate surface area is 126 Å². The number of hydrogen-bond donors (Lipinski definition) is 0. The fraction of sp³-hybridized carbons (Fsp3) is 0.353. The van der Waals surface area contributed by atoms with Crippen LogP contribution in [0.15, 0.2) is 47.7 Å². The molecule has 0 aliphatic carbocycles. The van der Waals surface area contributed by atoms with E-state index in [9.17, 15) is 0 Å². The summed E-state index contributed by atoms with van der Waals surface area (Å²) in [4.78, 5) is 15.5. The molecule has 0 N–H and O–H groups in total. The normalized spacial score (nSPS) is 11.4. The summed E-state index contributed by atoms with van der Waals surface area (Å²) in [5, 5.41) is 0. The lowest BCUT2D eigenvalue weighted by Gasteiger charge is -2.20. The third kappa shape index (κ3) is 5.44. The second kappa shape index (κ2) is 8.27. The average Bonchev–Trinajstić information content (AvgIpc) is 2.51. The summed E-state index contributed by atoms with van der Waals surface area (Å²) in [6.07, 6.45) is 5.60. The van der Waals surface area contributed by atoms with Crippen molar-refractivity contribution in [1.29, 1.82) is 0 Å². The zero-order valence-corrected chi connectivity index (χ0v) is 12.7. The molecule has 0 bridgehead atoms. The minimum Gasteiger partial charge on any atom is -0.296 e. The topological polar surface area (TPSA) is 41.4 Å². The highest BCUT2D eigenvalue weighted by Gasteiger charge is 2.08. The Morgan fingerprint density at radius 3 is 2.52 bits per heavy atom. The Morgan fingerprint density at radius 2 is 1.90 bits per heavy atom. The van der Waals surface area contributed by atoms with Gasteiger partial charge in [-0.15, -0.1) is 0 Å². The SMILES string of the molecule is C/C=N/CCN(Cc1ccccn1)Cc1ccc(C)cn1. The molecule has 0 aliphatic heterocycles. The Balaban J connectivity index is 2.02. The molecule has 2 heterocycles. The van der Waals surface area contributed by atoms with Crippen LogP contribution < -0.4 is 0 Å². The van der Waals surface area contributed by atoms with Gasteiger partial charge in [-0.25, -0.2) is 0 Å². The van der Waals surface area contributed by atoms with Crippen LogP contribution in [0.2, 0.25) is 0 Å². The van der Waals surface area contributed by atoms with Gasteiger partial charge < -0.3 is 0 Å². The Morgan fingerprint density at radius 1 is 1.10 bits per heavy atom. The molecule has 0 saturated heterocycles. The first-order valence-corrected chi connectivity index (χ1v) is 7.26. The number of rotatable bonds is 7. The maximum absolute atomic E-state index is 4.49. The van der Waals surface area contributed by atoms with E-state index in [1.807, 2.05) is 37.7 Å². The molecule has 0 atom stereocenters. The largest absolute Gasteiger partial charge is 0.296 e. The van der Waals surface area contributed by atoms with Gasteiger partial charge in [0.1, 0.15) is 0 Å². The van der Waals surface area contributed by atoms with Gasteiger partial charge in [0.15, 0.2) is 0 Å². The predicted molar refractivity (Wildman–Crippen MR) is 86.4 cm³/mol. The van der Waals surface area contributed by atoms with Crippen LogP contribution in [-0.4, -0.2) is 34.2 Å². The van der Waals surface area contributed by atoms with Crippen molar-refractivity contribution in [2.24, 2.45) is 4.99 Å². The Kier molecular flexibility index (Phi) is 6.03. The summed E-state index contributed by atoms with van der Waals surface area (Å²) in [6, 6.07) is 10.2. The van der Waals surface area contributed by atoms with Gasteiger partial charge in [-0.3, -0.25) is 19.9 Å². The van der Waals surface area contributed by atoms with Crippen molar-refractivity contribution in [3.63, 3.8) is 0 Å². The second-order valence-corrected chi connectivity index (χ2v) is 5.02. The summed E-state index contributed by atoms with van der Waals surface area (Å²) in [5.74, 6) is 0. The van der Waals surface area contributed by atoms with E-state index in [-0.39, 0.29) is 0 Å². The minimum absolute atomic E-state index is 0.801. The van der Waals surface area contributed by atoms with E-state index in [1.165, 1.54) is 5.56 Å². The van der Waals surface area contributed by atoms with E-state index in [2.05, 4.69) is 45.0 Å². The van der Waals surface area contributed by atoms with Crippen molar-refractivity contribution in [1.82, 2.24) is 14.9 Å². The highest BCUT2D eigenvalue weighted by molar-refractivity contribution is 5.53. The van der Waals surface area contributed by atoms with Crippen molar-refractivity contribution in [3.8, 4) is 0 Å². The third-order valence-electron chi connectivity index (χ3n) is 3.20. The van der Waals surface area contributed by atoms with Gasteiger partial charge in [0, 0.05) is 32.0 Å².